The summed E-state index contributed by atoms with van der Waals surface area (Å²) in [6, 6.07) is 4.21. The molecule has 1 aromatic heterocycles. The fraction of sp³-hybridized carbons (Fsp3) is 0.615. The summed E-state index contributed by atoms with van der Waals surface area (Å²) >= 11 is 0. The largest absolute Gasteiger partial charge is 0.381 e. The topological polar surface area (TPSA) is 25.4 Å². The number of hydrogen-bond acceptors (Lipinski definition) is 3. The number of pyridine rings is 1. The third-order valence-corrected chi connectivity index (χ3v) is 3.16. The van der Waals surface area contributed by atoms with Gasteiger partial charge >= 0.3 is 0 Å². The lowest BCUT2D eigenvalue weighted by Gasteiger charge is -2.27. The van der Waals surface area contributed by atoms with E-state index in [1.54, 1.807) is 0 Å². The molecule has 3 heteroatoms. The molecule has 0 amide bonds. The fourth-order valence-electron chi connectivity index (χ4n) is 2.10. The molecule has 0 aromatic carbocycles. The van der Waals surface area contributed by atoms with Gasteiger partial charge in [-0.25, -0.2) is 4.98 Å². The van der Waals surface area contributed by atoms with E-state index in [9.17, 15) is 0 Å². The van der Waals surface area contributed by atoms with Crippen molar-refractivity contribution in [3.05, 3.63) is 23.9 Å². The molecule has 1 aliphatic rings. The van der Waals surface area contributed by atoms with Crippen molar-refractivity contribution in [1.82, 2.24) is 4.98 Å². The SMILES string of the molecule is Cc1ccc(N(C)CC2CCOCC2)nc1. The Balaban J connectivity index is 1.91. The maximum Gasteiger partial charge on any atom is 0.128 e. The van der Waals surface area contributed by atoms with E-state index in [1.165, 1.54) is 18.4 Å². The minimum absolute atomic E-state index is 0.752. The summed E-state index contributed by atoms with van der Waals surface area (Å²) in [7, 11) is 2.12. The van der Waals surface area contributed by atoms with Crippen LogP contribution in [0.4, 0.5) is 5.82 Å². The van der Waals surface area contributed by atoms with Crippen LogP contribution in [0.15, 0.2) is 18.3 Å². The third kappa shape index (κ3) is 2.95. The third-order valence-electron chi connectivity index (χ3n) is 3.16. The zero-order chi connectivity index (χ0) is 11.4. The van der Waals surface area contributed by atoms with Crippen LogP contribution < -0.4 is 4.90 Å². The fourth-order valence-corrected chi connectivity index (χ4v) is 2.10. The van der Waals surface area contributed by atoms with E-state index in [0.29, 0.717) is 0 Å². The van der Waals surface area contributed by atoms with Gasteiger partial charge in [-0.1, -0.05) is 6.07 Å². The van der Waals surface area contributed by atoms with Gasteiger partial charge in [0.15, 0.2) is 0 Å². The van der Waals surface area contributed by atoms with Gasteiger partial charge in [-0.15, -0.1) is 0 Å². The van der Waals surface area contributed by atoms with E-state index in [2.05, 4.69) is 36.0 Å². The average molecular weight is 220 g/mol. The number of hydrogen-bond donors (Lipinski definition) is 0. The lowest BCUT2D eigenvalue weighted by Crippen LogP contribution is -2.29. The molecule has 0 bridgehead atoms. The van der Waals surface area contributed by atoms with Crippen molar-refractivity contribution in [2.75, 3.05) is 31.7 Å². The minimum atomic E-state index is 0.752. The van der Waals surface area contributed by atoms with E-state index in [4.69, 9.17) is 4.74 Å². The number of rotatable bonds is 3. The van der Waals surface area contributed by atoms with Crippen LogP contribution in [0.5, 0.6) is 0 Å². The number of ether oxygens (including phenoxy) is 1. The Morgan fingerprint density at radius 1 is 1.38 bits per heavy atom. The second-order valence-corrected chi connectivity index (χ2v) is 4.63. The molecule has 1 aromatic rings. The van der Waals surface area contributed by atoms with E-state index in [-0.39, 0.29) is 0 Å². The lowest BCUT2D eigenvalue weighted by molar-refractivity contribution is 0.0685. The first kappa shape index (κ1) is 11.4. The Labute approximate surface area is 97.4 Å². The van der Waals surface area contributed by atoms with Crippen LogP contribution in [0.3, 0.4) is 0 Å². The molecule has 0 saturated carbocycles. The van der Waals surface area contributed by atoms with Gasteiger partial charge in [0, 0.05) is 33.0 Å². The normalized spacial score (nSPS) is 17.4. The van der Waals surface area contributed by atoms with Gasteiger partial charge in [0.05, 0.1) is 0 Å². The molecular formula is C13H20N2O. The highest BCUT2D eigenvalue weighted by molar-refractivity contribution is 5.38. The highest BCUT2D eigenvalue weighted by Gasteiger charge is 2.16. The molecule has 0 N–H and O–H groups in total. The van der Waals surface area contributed by atoms with Crippen molar-refractivity contribution >= 4 is 5.82 Å². The van der Waals surface area contributed by atoms with Crippen LogP contribution >= 0.6 is 0 Å². The molecule has 1 saturated heterocycles. The quantitative estimate of drug-likeness (QED) is 0.781. The average Bonchev–Trinajstić information content (AvgIpc) is 2.31. The molecule has 0 radical (unpaired) electrons. The van der Waals surface area contributed by atoms with E-state index < -0.39 is 0 Å². The molecule has 0 atom stereocenters. The van der Waals surface area contributed by atoms with Crippen molar-refractivity contribution in [2.24, 2.45) is 5.92 Å². The predicted molar refractivity (Wildman–Crippen MR) is 65.8 cm³/mol. The summed E-state index contributed by atoms with van der Waals surface area (Å²) in [4.78, 5) is 6.68. The first-order chi connectivity index (χ1) is 7.75. The van der Waals surface area contributed by atoms with Crippen LogP contribution in [-0.2, 0) is 4.74 Å². The number of aromatic nitrogens is 1. The van der Waals surface area contributed by atoms with Crippen LogP contribution in [-0.4, -0.2) is 31.8 Å². The molecule has 2 rings (SSSR count). The molecule has 88 valence electrons. The summed E-state index contributed by atoms with van der Waals surface area (Å²) < 4.78 is 5.37. The van der Waals surface area contributed by atoms with Crippen LogP contribution in [0.2, 0.25) is 0 Å². The number of anilines is 1. The van der Waals surface area contributed by atoms with E-state index >= 15 is 0 Å². The molecule has 2 heterocycles. The molecule has 1 fully saturated rings. The van der Waals surface area contributed by atoms with Crippen LogP contribution in [0, 0.1) is 12.8 Å². The van der Waals surface area contributed by atoms with E-state index in [0.717, 1.165) is 31.5 Å². The van der Waals surface area contributed by atoms with E-state index in [1.807, 2.05) is 6.20 Å². The molecule has 0 aliphatic carbocycles. The highest BCUT2D eigenvalue weighted by atomic mass is 16.5. The Bertz CT molecular complexity index is 317. The van der Waals surface area contributed by atoms with Gasteiger partial charge in [-0.2, -0.15) is 0 Å². The minimum Gasteiger partial charge on any atom is -0.381 e. The van der Waals surface area contributed by atoms with Crippen molar-refractivity contribution in [2.45, 2.75) is 19.8 Å². The summed E-state index contributed by atoms with van der Waals surface area (Å²) in [6.07, 6.45) is 4.28. The van der Waals surface area contributed by atoms with Gasteiger partial charge in [-0.3, -0.25) is 0 Å². The van der Waals surface area contributed by atoms with Crippen molar-refractivity contribution in [3.63, 3.8) is 0 Å². The molecule has 0 spiro atoms. The summed E-state index contributed by atoms with van der Waals surface area (Å²) in [5.74, 6) is 1.82. The Hall–Kier alpha value is -1.09. The summed E-state index contributed by atoms with van der Waals surface area (Å²) in [5, 5.41) is 0. The first-order valence-corrected chi connectivity index (χ1v) is 5.97. The Kier molecular flexibility index (Phi) is 3.78. The van der Waals surface area contributed by atoms with Gasteiger partial charge < -0.3 is 9.64 Å². The predicted octanol–water partition coefficient (Wildman–Crippen LogP) is 2.25. The van der Waals surface area contributed by atoms with Crippen molar-refractivity contribution in [3.8, 4) is 0 Å². The standard InChI is InChI=1S/C13H20N2O/c1-11-3-4-13(14-9-11)15(2)10-12-5-7-16-8-6-12/h3-4,9,12H,5-8,10H2,1-2H3. The van der Waals surface area contributed by atoms with Crippen molar-refractivity contribution in [1.29, 1.82) is 0 Å². The van der Waals surface area contributed by atoms with Gasteiger partial charge in [0.2, 0.25) is 0 Å². The smallest absolute Gasteiger partial charge is 0.128 e. The zero-order valence-electron chi connectivity index (χ0n) is 10.1. The molecular weight excluding hydrogens is 200 g/mol. The second-order valence-electron chi connectivity index (χ2n) is 4.63. The molecule has 3 nitrogen and oxygen atoms in total. The highest BCUT2D eigenvalue weighted by Crippen LogP contribution is 2.18. The van der Waals surface area contributed by atoms with Gasteiger partial charge in [0.25, 0.3) is 0 Å². The zero-order valence-corrected chi connectivity index (χ0v) is 10.1. The molecule has 1 aliphatic heterocycles. The maximum absolute atomic E-state index is 5.37. The summed E-state index contributed by atoms with van der Waals surface area (Å²) in [6.45, 7) is 4.98. The first-order valence-electron chi connectivity index (χ1n) is 5.97. The van der Waals surface area contributed by atoms with Crippen LogP contribution in [0.1, 0.15) is 18.4 Å². The second kappa shape index (κ2) is 5.30. The summed E-state index contributed by atoms with van der Waals surface area (Å²) in [5.41, 5.74) is 1.21. The van der Waals surface area contributed by atoms with Crippen LogP contribution in [0.25, 0.3) is 0 Å². The van der Waals surface area contributed by atoms with Gasteiger partial charge in [0.1, 0.15) is 5.82 Å². The Morgan fingerprint density at radius 2 is 2.12 bits per heavy atom. The Morgan fingerprint density at radius 3 is 2.75 bits per heavy atom. The van der Waals surface area contributed by atoms with Gasteiger partial charge in [-0.05, 0) is 37.3 Å². The maximum atomic E-state index is 5.37. The monoisotopic (exact) mass is 220 g/mol. The number of aryl methyl sites for hydroxylation is 1. The lowest BCUT2D eigenvalue weighted by atomic mass is 10.00. The number of nitrogens with zero attached hydrogens (tertiary/aromatic N) is 2. The molecule has 0 unspecified atom stereocenters. The van der Waals surface area contributed by atoms with Crippen molar-refractivity contribution < 1.29 is 4.74 Å². The molecule has 16 heavy (non-hydrogen) atoms.